The van der Waals surface area contributed by atoms with Gasteiger partial charge in [-0.3, -0.25) is 14.4 Å². The molecule has 6 nitrogen and oxygen atoms in total. The third kappa shape index (κ3) is 5.99. The number of amides is 2. The highest BCUT2D eigenvalue weighted by molar-refractivity contribution is 5.79. The van der Waals surface area contributed by atoms with Crippen molar-refractivity contribution in [2.24, 2.45) is 0 Å². The Hall–Kier alpha value is -1.59. The molecule has 0 saturated carbocycles. The van der Waals surface area contributed by atoms with Crippen molar-refractivity contribution in [1.82, 2.24) is 10.6 Å². The summed E-state index contributed by atoms with van der Waals surface area (Å²) in [6.07, 6.45) is -0.918. The van der Waals surface area contributed by atoms with E-state index in [0.29, 0.717) is 0 Å². The molecule has 0 aromatic heterocycles. The Bertz CT molecular complexity index is 223. The molecule has 0 aliphatic carbocycles. The molecule has 0 aliphatic heterocycles. The average Bonchev–Trinajstić information content (AvgIpc) is 2.01. The molecule has 6 heteroatoms. The van der Waals surface area contributed by atoms with Gasteiger partial charge in [0, 0.05) is 13.3 Å². The van der Waals surface area contributed by atoms with Gasteiger partial charge in [-0.15, -0.1) is 0 Å². The monoisotopic (exact) mass is 202 g/mol. The standard InChI is InChI=1S/C8H14N2O4/c1-3-7(12)10-6(4-8(13)14)9-5(2)11/h6H,3-4H2,1-2H3,(H,9,11)(H,10,12)(H,13,14). The van der Waals surface area contributed by atoms with Gasteiger partial charge >= 0.3 is 5.97 Å². The van der Waals surface area contributed by atoms with Crippen molar-refractivity contribution < 1.29 is 19.5 Å². The summed E-state index contributed by atoms with van der Waals surface area (Å²) in [4.78, 5) is 31.9. The molecule has 80 valence electrons. The van der Waals surface area contributed by atoms with Gasteiger partial charge in [0.15, 0.2) is 0 Å². The van der Waals surface area contributed by atoms with E-state index in [1.165, 1.54) is 6.92 Å². The summed E-state index contributed by atoms with van der Waals surface area (Å²) in [5.41, 5.74) is 0. The smallest absolute Gasteiger partial charge is 0.307 e. The zero-order valence-electron chi connectivity index (χ0n) is 8.16. The van der Waals surface area contributed by atoms with Gasteiger partial charge < -0.3 is 15.7 Å². The molecule has 3 N–H and O–H groups in total. The largest absolute Gasteiger partial charge is 0.481 e. The van der Waals surface area contributed by atoms with E-state index in [1.807, 2.05) is 0 Å². The first-order chi connectivity index (χ1) is 6.45. The first-order valence-corrected chi connectivity index (χ1v) is 4.24. The van der Waals surface area contributed by atoms with E-state index in [-0.39, 0.29) is 24.7 Å². The van der Waals surface area contributed by atoms with Crippen molar-refractivity contribution in [1.29, 1.82) is 0 Å². The highest BCUT2D eigenvalue weighted by Gasteiger charge is 2.15. The van der Waals surface area contributed by atoms with Crippen LogP contribution in [0.5, 0.6) is 0 Å². The third-order valence-electron chi connectivity index (χ3n) is 1.41. The lowest BCUT2D eigenvalue weighted by Gasteiger charge is -2.16. The van der Waals surface area contributed by atoms with Crippen LogP contribution in [0.2, 0.25) is 0 Å². The van der Waals surface area contributed by atoms with Crippen LogP contribution in [0, 0.1) is 0 Å². The van der Waals surface area contributed by atoms with Crippen LogP contribution in [-0.2, 0) is 14.4 Å². The maximum Gasteiger partial charge on any atom is 0.307 e. The molecule has 14 heavy (non-hydrogen) atoms. The van der Waals surface area contributed by atoms with E-state index in [2.05, 4.69) is 10.6 Å². The topological polar surface area (TPSA) is 95.5 Å². The lowest BCUT2D eigenvalue weighted by Crippen LogP contribution is -2.48. The zero-order valence-corrected chi connectivity index (χ0v) is 8.16. The highest BCUT2D eigenvalue weighted by Crippen LogP contribution is 1.89. The minimum atomic E-state index is -1.08. The number of rotatable bonds is 5. The van der Waals surface area contributed by atoms with Gasteiger partial charge in [-0.1, -0.05) is 6.92 Å². The molecule has 0 aromatic rings. The molecular weight excluding hydrogens is 188 g/mol. The van der Waals surface area contributed by atoms with Crippen LogP contribution in [0.1, 0.15) is 26.7 Å². The summed E-state index contributed by atoms with van der Waals surface area (Å²) in [6, 6.07) is 0. The molecule has 0 rings (SSSR count). The number of carboxylic acid groups (broad SMARTS) is 1. The Morgan fingerprint density at radius 3 is 2.21 bits per heavy atom. The minimum Gasteiger partial charge on any atom is -0.481 e. The Morgan fingerprint density at radius 2 is 1.86 bits per heavy atom. The normalized spacial score (nSPS) is 11.6. The molecule has 1 unspecified atom stereocenters. The molecular formula is C8H14N2O4. The minimum absolute atomic E-state index is 0.246. The SMILES string of the molecule is CCC(=O)NC(CC(=O)O)NC(C)=O. The van der Waals surface area contributed by atoms with Gasteiger partial charge in [0.2, 0.25) is 11.8 Å². The quantitative estimate of drug-likeness (QED) is 0.521. The maximum absolute atomic E-state index is 10.9. The van der Waals surface area contributed by atoms with Crippen molar-refractivity contribution in [2.75, 3.05) is 0 Å². The zero-order chi connectivity index (χ0) is 11.1. The van der Waals surface area contributed by atoms with Gasteiger partial charge in [-0.2, -0.15) is 0 Å². The highest BCUT2D eigenvalue weighted by atomic mass is 16.4. The Kier molecular flexibility index (Phi) is 5.28. The van der Waals surface area contributed by atoms with Gasteiger partial charge in [0.1, 0.15) is 6.17 Å². The molecule has 0 spiro atoms. The van der Waals surface area contributed by atoms with Crippen molar-refractivity contribution in [2.45, 2.75) is 32.9 Å². The van der Waals surface area contributed by atoms with Crippen molar-refractivity contribution in [3.05, 3.63) is 0 Å². The summed E-state index contributed by atoms with van der Waals surface area (Å²) in [5, 5.41) is 13.2. The van der Waals surface area contributed by atoms with Crippen LogP contribution < -0.4 is 10.6 Å². The van der Waals surface area contributed by atoms with Crippen LogP contribution in [0.3, 0.4) is 0 Å². The second kappa shape index (κ2) is 5.95. The van der Waals surface area contributed by atoms with Crippen molar-refractivity contribution >= 4 is 17.8 Å². The second-order valence-corrected chi connectivity index (χ2v) is 2.77. The third-order valence-corrected chi connectivity index (χ3v) is 1.41. The molecule has 0 bridgehead atoms. The fourth-order valence-corrected chi connectivity index (χ4v) is 0.855. The van der Waals surface area contributed by atoms with E-state index >= 15 is 0 Å². The number of nitrogens with one attached hydrogen (secondary N) is 2. The lowest BCUT2D eigenvalue weighted by molar-refractivity contribution is -0.138. The second-order valence-electron chi connectivity index (χ2n) is 2.77. The summed E-state index contributed by atoms with van der Waals surface area (Å²) in [6.45, 7) is 2.90. The Morgan fingerprint density at radius 1 is 1.29 bits per heavy atom. The summed E-state index contributed by atoms with van der Waals surface area (Å²) >= 11 is 0. The number of carbonyl (C=O) groups is 3. The summed E-state index contributed by atoms with van der Waals surface area (Å²) in [5.74, 6) is -1.77. The predicted molar refractivity (Wildman–Crippen MR) is 48.3 cm³/mol. The number of hydrogen-bond donors (Lipinski definition) is 3. The first kappa shape index (κ1) is 12.4. The van der Waals surface area contributed by atoms with Crippen molar-refractivity contribution in [3.8, 4) is 0 Å². The van der Waals surface area contributed by atoms with Crippen LogP contribution >= 0.6 is 0 Å². The molecule has 0 saturated heterocycles. The number of carboxylic acids is 1. The Labute approximate surface area is 81.7 Å². The van der Waals surface area contributed by atoms with Crippen LogP contribution in [0.15, 0.2) is 0 Å². The van der Waals surface area contributed by atoms with Gasteiger partial charge in [0.25, 0.3) is 0 Å². The lowest BCUT2D eigenvalue weighted by atomic mass is 10.3. The van der Waals surface area contributed by atoms with Gasteiger partial charge in [0.05, 0.1) is 6.42 Å². The van der Waals surface area contributed by atoms with E-state index in [4.69, 9.17) is 5.11 Å². The number of hydrogen-bond acceptors (Lipinski definition) is 3. The molecule has 0 fully saturated rings. The fraction of sp³-hybridized carbons (Fsp3) is 0.625. The molecule has 0 aromatic carbocycles. The molecule has 0 radical (unpaired) electrons. The molecule has 0 aliphatic rings. The molecule has 1 atom stereocenters. The number of carbonyl (C=O) groups excluding carboxylic acids is 2. The molecule has 2 amide bonds. The van der Waals surface area contributed by atoms with E-state index in [9.17, 15) is 14.4 Å². The summed E-state index contributed by atoms with van der Waals surface area (Å²) in [7, 11) is 0. The van der Waals surface area contributed by atoms with Crippen LogP contribution in [0.4, 0.5) is 0 Å². The number of aliphatic carboxylic acids is 1. The summed E-state index contributed by atoms with van der Waals surface area (Å²) < 4.78 is 0. The van der Waals surface area contributed by atoms with E-state index in [1.54, 1.807) is 6.92 Å². The van der Waals surface area contributed by atoms with Gasteiger partial charge in [-0.25, -0.2) is 0 Å². The fourth-order valence-electron chi connectivity index (χ4n) is 0.855. The van der Waals surface area contributed by atoms with E-state index in [0.717, 1.165) is 0 Å². The molecule has 0 heterocycles. The average molecular weight is 202 g/mol. The van der Waals surface area contributed by atoms with E-state index < -0.39 is 12.1 Å². The van der Waals surface area contributed by atoms with Crippen molar-refractivity contribution in [3.63, 3.8) is 0 Å². The predicted octanol–water partition coefficient (Wildman–Crippen LogP) is -0.550. The van der Waals surface area contributed by atoms with Crippen LogP contribution in [0.25, 0.3) is 0 Å². The Balaban J connectivity index is 4.16. The first-order valence-electron chi connectivity index (χ1n) is 4.24. The van der Waals surface area contributed by atoms with Crippen LogP contribution in [-0.4, -0.2) is 29.1 Å². The van der Waals surface area contributed by atoms with Gasteiger partial charge in [-0.05, 0) is 0 Å². The maximum atomic E-state index is 10.9.